The van der Waals surface area contributed by atoms with Crippen molar-refractivity contribution >= 4 is 68.1 Å². The van der Waals surface area contributed by atoms with E-state index in [-0.39, 0.29) is 43.7 Å². The molecule has 0 bridgehead atoms. The lowest BCUT2D eigenvalue weighted by molar-refractivity contribution is -0.143. The first-order valence-corrected chi connectivity index (χ1v) is 20.5. The van der Waals surface area contributed by atoms with E-state index in [4.69, 9.17) is 16.4 Å². The second-order valence-electron chi connectivity index (χ2n) is 15.3. The van der Waals surface area contributed by atoms with E-state index in [1.807, 2.05) is 54.8 Å². The summed E-state index contributed by atoms with van der Waals surface area (Å²) in [6.45, 7) is 1.88. The smallest absolute Gasteiger partial charge is 0.289 e. The van der Waals surface area contributed by atoms with E-state index in [0.717, 1.165) is 59.7 Å². The van der Waals surface area contributed by atoms with Crippen LogP contribution in [0.1, 0.15) is 88.7 Å². The quantitative estimate of drug-likeness (QED) is 0.156. The van der Waals surface area contributed by atoms with Crippen LogP contribution in [0.4, 0.5) is 0 Å². The first-order valence-electron chi connectivity index (χ1n) is 19.2. The third-order valence-electron chi connectivity index (χ3n) is 11.0. The Balaban J connectivity index is 1.19. The molecule has 4 amide bonds. The number of thiophene rings is 1. The van der Waals surface area contributed by atoms with Gasteiger partial charge in [0.1, 0.15) is 17.7 Å². The maximum absolute atomic E-state index is 15.0. The Morgan fingerprint density at radius 2 is 1.80 bits per heavy atom. The van der Waals surface area contributed by atoms with Crippen molar-refractivity contribution in [3.63, 3.8) is 0 Å². The predicted molar refractivity (Wildman–Crippen MR) is 208 cm³/mol. The molecule has 1 unspecified atom stereocenters. The fourth-order valence-electron chi connectivity index (χ4n) is 8.01. The van der Waals surface area contributed by atoms with E-state index in [1.165, 1.54) is 11.3 Å². The number of hydroxylamine groups is 1. The van der Waals surface area contributed by atoms with Crippen LogP contribution in [-0.2, 0) is 35.2 Å². The Morgan fingerprint density at radius 1 is 1.00 bits per heavy atom. The number of carbonyl (C=O) groups is 5. The Morgan fingerprint density at radius 3 is 2.56 bits per heavy atom. The average molecular weight is 774 g/mol. The van der Waals surface area contributed by atoms with E-state index >= 15 is 0 Å². The summed E-state index contributed by atoms with van der Waals surface area (Å²) in [7, 11) is 0. The molecule has 4 atom stereocenters. The van der Waals surface area contributed by atoms with Gasteiger partial charge in [-0.25, -0.2) is 0 Å². The SMILES string of the molecule is CCC[C@@H](NC(=O)C1C[C@]2(C=C(c3cccc(Cl)c3)NO2)CN1C(=O)[C@H](Cc1csc2ccccc12)NC(=O)CC1CCCCC1)C(=O)C(=O)NC1CC1. The summed E-state index contributed by atoms with van der Waals surface area (Å²) < 4.78 is 1.08. The zero-order chi connectivity index (χ0) is 37.8. The summed E-state index contributed by atoms with van der Waals surface area (Å²) in [6, 6.07) is 12.1. The number of likely N-dealkylation sites (tertiary alicyclic amines) is 1. The van der Waals surface area contributed by atoms with Gasteiger partial charge in [0, 0.05) is 40.6 Å². The minimum Gasteiger partial charge on any atom is -0.347 e. The number of benzene rings is 2. The van der Waals surface area contributed by atoms with E-state index in [0.29, 0.717) is 23.6 Å². The van der Waals surface area contributed by atoms with Crippen LogP contribution in [0.3, 0.4) is 0 Å². The average Bonchev–Trinajstić information content (AvgIpc) is 3.56. The molecule has 1 aromatic heterocycles. The van der Waals surface area contributed by atoms with Crippen LogP contribution in [0, 0.1) is 5.92 Å². The Labute approximate surface area is 324 Å². The maximum atomic E-state index is 15.0. The molecule has 3 heterocycles. The topological polar surface area (TPSA) is 146 Å². The van der Waals surface area contributed by atoms with Crippen LogP contribution in [-0.4, -0.2) is 70.6 Å². The first kappa shape index (κ1) is 38.0. The van der Waals surface area contributed by atoms with Crippen molar-refractivity contribution in [2.45, 2.75) is 114 Å². The highest BCUT2D eigenvalue weighted by molar-refractivity contribution is 7.17. The largest absolute Gasteiger partial charge is 0.347 e. The lowest BCUT2D eigenvalue weighted by Gasteiger charge is -2.30. The van der Waals surface area contributed by atoms with Crippen molar-refractivity contribution in [2.75, 3.05) is 6.54 Å². The van der Waals surface area contributed by atoms with Gasteiger partial charge in [-0.15, -0.1) is 11.3 Å². The van der Waals surface area contributed by atoms with Gasteiger partial charge in [-0.05, 0) is 78.6 Å². The molecule has 4 N–H and O–H groups in total. The molecule has 4 aliphatic rings. The van der Waals surface area contributed by atoms with Crippen molar-refractivity contribution in [1.82, 2.24) is 26.3 Å². The highest BCUT2D eigenvalue weighted by atomic mass is 35.5. The normalized spacial score (nSPS) is 22.4. The van der Waals surface area contributed by atoms with Crippen molar-refractivity contribution < 1.29 is 28.8 Å². The summed E-state index contributed by atoms with van der Waals surface area (Å²) >= 11 is 7.88. The predicted octanol–water partition coefficient (Wildman–Crippen LogP) is 5.60. The molecule has 2 aromatic carbocycles. The van der Waals surface area contributed by atoms with Gasteiger partial charge < -0.3 is 20.9 Å². The fourth-order valence-corrected chi connectivity index (χ4v) is 9.17. The molecule has 1 saturated heterocycles. The molecule has 286 valence electrons. The van der Waals surface area contributed by atoms with Gasteiger partial charge in [0.05, 0.1) is 18.3 Å². The number of hydrogen-bond donors (Lipinski definition) is 4. The second-order valence-corrected chi connectivity index (χ2v) is 16.6. The Bertz CT molecular complexity index is 1940. The fraction of sp³-hybridized carbons (Fsp3) is 0.488. The maximum Gasteiger partial charge on any atom is 0.289 e. The van der Waals surface area contributed by atoms with Crippen LogP contribution in [0.25, 0.3) is 15.8 Å². The minimum atomic E-state index is -1.10. The van der Waals surface area contributed by atoms with Gasteiger partial charge in [0.2, 0.25) is 23.5 Å². The van der Waals surface area contributed by atoms with Gasteiger partial charge >= 0.3 is 0 Å². The minimum absolute atomic E-state index is 0.00885. The number of amides is 4. The number of Topliss-reactive ketones (excluding diaryl/α,β-unsaturated/α-hetero) is 1. The van der Waals surface area contributed by atoms with Gasteiger partial charge in [-0.2, -0.15) is 0 Å². The third kappa shape index (κ3) is 8.82. The summed E-state index contributed by atoms with van der Waals surface area (Å²) in [5.41, 5.74) is 4.24. The van der Waals surface area contributed by atoms with Gasteiger partial charge in [-0.3, -0.25) is 34.3 Å². The number of fused-ring (bicyclic) bond motifs is 1. The molecule has 2 aliphatic heterocycles. The van der Waals surface area contributed by atoms with Crippen molar-refractivity contribution in [1.29, 1.82) is 0 Å². The Hall–Kier alpha value is -4.26. The molecule has 13 heteroatoms. The Kier molecular flexibility index (Phi) is 11.7. The van der Waals surface area contributed by atoms with Crippen LogP contribution in [0.5, 0.6) is 0 Å². The molecule has 0 radical (unpaired) electrons. The lowest BCUT2D eigenvalue weighted by atomic mass is 9.86. The number of carbonyl (C=O) groups excluding carboxylic acids is 5. The van der Waals surface area contributed by atoms with E-state index in [9.17, 15) is 24.0 Å². The summed E-state index contributed by atoms with van der Waals surface area (Å²) in [4.78, 5) is 76.8. The van der Waals surface area contributed by atoms with Crippen LogP contribution >= 0.6 is 22.9 Å². The molecule has 54 heavy (non-hydrogen) atoms. The molecule has 7 rings (SSSR count). The number of nitrogens with zero attached hydrogens (tertiary/aromatic N) is 1. The van der Waals surface area contributed by atoms with Crippen molar-refractivity contribution in [3.8, 4) is 0 Å². The molecule has 2 aliphatic carbocycles. The zero-order valence-corrected chi connectivity index (χ0v) is 32.1. The summed E-state index contributed by atoms with van der Waals surface area (Å²) in [5, 5.41) is 12.2. The second kappa shape index (κ2) is 16.6. The van der Waals surface area contributed by atoms with E-state index in [2.05, 4.69) is 21.4 Å². The molecule has 3 aromatic rings. The third-order valence-corrected chi connectivity index (χ3v) is 12.3. The number of hydrogen-bond acceptors (Lipinski definition) is 8. The van der Waals surface area contributed by atoms with Crippen molar-refractivity contribution in [2.24, 2.45) is 5.92 Å². The molecular formula is C41H48ClN5O6S. The van der Waals surface area contributed by atoms with Crippen LogP contribution < -0.4 is 21.4 Å². The van der Waals surface area contributed by atoms with E-state index in [1.54, 1.807) is 23.5 Å². The highest BCUT2D eigenvalue weighted by Crippen LogP contribution is 2.39. The van der Waals surface area contributed by atoms with Gasteiger partial charge in [0.15, 0.2) is 0 Å². The van der Waals surface area contributed by atoms with Crippen molar-refractivity contribution in [3.05, 3.63) is 76.1 Å². The highest BCUT2D eigenvalue weighted by Gasteiger charge is 2.53. The number of nitrogens with one attached hydrogen (secondary N) is 4. The number of rotatable bonds is 14. The number of ketones is 1. The summed E-state index contributed by atoms with van der Waals surface area (Å²) in [6.07, 6.45) is 10.3. The van der Waals surface area contributed by atoms with E-state index < -0.39 is 47.2 Å². The molecule has 1 spiro atoms. The van der Waals surface area contributed by atoms with Crippen LogP contribution in [0.15, 0.2) is 60.0 Å². The van der Waals surface area contributed by atoms with Crippen LogP contribution in [0.2, 0.25) is 5.02 Å². The lowest BCUT2D eigenvalue weighted by Crippen LogP contribution is -2.56. The number of halogens is 1. The zero-order valence-electron chi connectivity index (χ0n) is 30.5. The standard InChI is InChI=1S/C41H48ClN5O6S/c1-2-9-31(37(49)39(51)43-29-16-17-29)45-38(50)34-22-41(21-33(46-53-41)26-12-8-13-28(42)19-26)24-47(34)40(52)32(44-36(48)18-25-10-4-3-5-11-25)20-27-23-54-35-15-7-6-14-30(27)35/h6-8,12-15,19,21,23,25,29,31-32,34,46H,2-5,9-11,16-18,20,22,24H2,1H3,(H,43,51)(H,44,48)(H,45,50)/t31-,32+,34?,41-/m1/s1. The molecular weight excluding hydrogens is 726 g/mol. The molecule has 2 saturated carbocycles. The van der Waals surface area contributed by atoms with Gasteiger partial charge in [-0.1, -0.05) is 74.5 Å². The van der Waals surface area contributed by atoms with Gasteiger partial charge in [0.25, 0.3) is 5.91 Å². The summed E-state index contributed by atoms with van der Waals surface area (Å²) in [5.74, 6) is -2.32. The first-order chi connectivity index (χ1) is 26.1. The monoisotopic (exact) mass is 773 g/mol. The molecule has 3 fully saturated rings. The molecule has 11 nitrogen and oxygen atoms in total.